The van der Waals surface area contributed by atoms with Gasteiger partial charge >= 0.3 is 0 Å². The van der Waals surface area contributed by atoms with E-state index in [9.17, 15) is 0 Å². The summed E-state index contributed by atoms with van der Waals surface area (Å²) in [6.07, 6.45) is 4.78. The normalized spacial score (nSPS) is 21.8. The fraction of sp³-hybridized carbons (Fsp3) is 0.545. The van der Waals surface area contributed by atoms with Gasteiger partial charge in [0.1, 0.15) is 10.0 Å². The molecular weight excluding hydrogens is 274 g/mol. The molecule has 0 spiro atoms. The monoisotopic (exact) mass is 287 g/mol. The Bertz CT molecular complexity index is 474. The fourth-order valence-corrected chi connectivity index (χ4v) is 4.82. The summed E-state index contributed by atoms with van der Waals surface area (Å²) in [4.78, 5) is 0. The van der Waals surface area contributed by atoms with Gasteiger partial charge in [0.25, 0.3) is 0 Å². The van der Waals surface area contributed by atoms with E-state index in [0.29, 0.717) is 0 Å². The predicted octanol–water partition coefficient (Wildman–Crippen LogP) is 4.08. The van der Waals surface area contributed by atoms with Crippen molar-refractivity contribution in [3.8, 4) is 0 Å². The molecule has 0 atom stereocenters. The van der Waals surface area contributed by atoms with Crippen molar-refractivity contribution in [3.63, 3.8) is 0 Å². The molecule has 2 aliphatic rings. The first-order chi connectivity index (χ1) is 8.16. The Hall–Kier alpha value is -0.230. The number of hydrogen-bond donors (Lipinski definition) is 1. The number of nitrogens with two attached hydrogens (primary N) is 1. The summed E-state index contributed by atoms with van der Waals surface area (Å²) in [6, 6.07) is 1.94. The fourth-order valence-electron chi connectivity index (χ4n) is 2.50. The number of hydrazine groups is 1. The largest absolute Gasteiger partial charge is 0.263 e. The second-order valence-electron chi connectivity index (χ2n) is 4.59. The van der Waals surface area contributed by atoms with Crippen molar-refractivity contribution in [2.45, 2.75) is 36.8 Å². The topological polar surface area (TPSA) is 41.6 Å². The molecule has 1 aliphatic heterocycles. The van der Waals surface area contributed by atoms with Crippen molar-refractivity contribution < 1.29 is 0 Å². The Morgan fingerprint density at radius 3 is 2.94 bits per heavy atom. The van der Waals surface area contributed by atoms with Crippen LogP contribution in [-0.2, 0) is 0 Å². The molecule has 0 amide bonds. The third-order valence-corrected chi connectivity index (χ3v) is 5.97. The zero-order valence-corrected chi connectivity index (χ0v) is 12.0. The van der Waals surface area contributed by atoms with Crippen molar-refractivity contribution in [2.24, 2.45) is 15.7 Å². The van der Waals surface area contributed by atoms with Gasteiger partial charge in [-0.2, -0.15) is 4.40 Å². The maximum Gasteiger partial charge on any atom is 0.138 e. The van der Waals surface area contributed by atoms with E-state index < -0.39 is 0 Å². The van der Waals surface area contributed by atoms with E-state index in [1.165, 1.54) is 42.5 Å². The van der Waals surface area contributed by atoms with Gasteiger partial charge in [0.2, 0.25) is 0 Å². The third kappa shape index (κ3) is 1.71. The average Bonchev–Trinajstić information content (AvgIpc) is 2.62. The minimum atomic E-state index is 0.202. The summed E-state index contributed by atoms with van der Waals surface area (Å²) in [6.45, 7) is 2.22. The van der Waals surface area contributed by atoms with Crippen LogP contribution < -0.4 is 10.9 Å². The van der Waals surface area contributed by atoms with Crippen LogP contribution in [0.5, 0.6) is 0 Å². The highest BCUT2D eigenvalue weighted by molar-refractivity contribution is 8.00. The summed E-state index contributed by atoms with van der Waals surface area (Å²) in [5.74, 6) is 7.24. The highest BCUT2D eigenvalue weighted by atomic mass is 35.5. The van der Waals surface area contributed by atoms with E-state index in [4.69, 9.17) is 17.4 Å². The van der Waals surface area contributed by atoms with Crippen molar-refractivity contribution in [3.05, 3.63) is 10.4 Å². The van der Waals surface area contributed by atoms with Crippen LogP contribution >= 0.6 is 34.9 Å². The molecule has 1 aromatic rings. The maximum atomic E-state index is 6.21. The van der Waals surface area contributed by atoms with Gasteiger partial charge in [0.05, 0.1) is 10.0 Å². The molecule has 2 N–H and O–H groups in total. The van der Waals surface area contributed by atoms with Crippen LogP contribution in [0.2, 0.25) is 4.34 Å². The van der Waals surface area contributed by atoms with Gasteiger partial charge in [-0.25, -0.2) is 5.84 Å². The number of rotatable bonds is 2. The number of thiophene rings is 1. The molecule has 1 aliphatic carbocycles. The van der Waals surface area contributed by atoms with Crippen LogP contribution in [-0.4, -0.2) is 5.84 Å². The Balaban J connectivity index is 1.96. The van der Waals surface area contributed by atoms with Crippen LogP contribution in [0.3, 0.4) is 0 Å². The van der Waals surface area contributed by atoms with Gasteiger partial charge < -0.3 is 0 Å². The van der Waals surface area contributed by atoms with Crippen LogP contribution in [0.15, 0.2) is 14.7 Å². The molecule has 0 radical (unpaired) electrons. The first-order valence-corrected chi connectivity index (χ1v) is 7.73. The second-order valence-corrected chi connectivity index (χ2v) is 7.30. The molecule has 3 rings (SSSR count). The second kappa shape index (κ2) is 4.16. The molecule has 2 heterocycles. The number of halogens is 1. The quantitative estimate of drug-likeness (QED) is 0.658. The molecule has 0 unspecified atom stereocenters. The lowest BCUT2D eigenvalue weighted by atomic mass is 9.66. The summed E-state index contributed by atoms with van der Waals surface area (Å²) >= 11 is 9.08. The van der Waals surface area contributed by atoms with E-state index in [2.05, 4.69) is 11.3 Å². The molecule has 6 heteroatoms. The van der Waals surface area contributed by atoms with E-state index in [1.54, 1.807) is 5.01 Å². The molecule has 0 bridgehead atoms. The first-order valence-electron chi connectivity index (χ1n) is 5.76. The molecule has 3 nitrogen and oxygen atoms in total. The van der Waals surface area contributed by atoms with Gasteiger partial charge in [-0.15, -0.1) is 11.3 Å². The predicted molar refractivity (Wildman–Crippen MR) is 75.9 cm³/mol. The lowest BCUT2D eigenvalue weighted by Gasteiger charge is -2.45. The highest BCUT2D eigenvalue weighted by Crippen LogP contribution is 2.51. The average molecular weight is 288 g/mol. The Kier molecular flexibility index (Phi) is 2.89. The minimum absolute atomic E-state index is 0.202. The Morgan fingerprint density at radius 2 is 2.35 bits per heavy atom. The number of anilines is 1. The van der Waals surface area contributed by atoms with Crippen LogP contribution in [0.25, 0.3) is 0 Å². The first kappa shape index (κ1) is 11.8. The van der Waals surface area contributed by atoms with Gasteiger partial charge in [-0.3, -0.25) is 5.01 Å². The Morgan fingerprint density at radius 1 is 1.59 bits per heavy atom. The molecule has 0 aromatic carbocycles. The summed E-state index contributed by atoms with van der Waals surface area (Å²) in [5.41, 5.74) is 1.21. The molecule has 1 saturated carbocycles. The van der Waals surface area contributed by atoms with Gasteiger partial charge in [-0.05, 0) is 25.3 Å². The molecule has 17 heavy (non-hydrogen) atoms. The van der Waals surface area contributed by atoms with Crippen LogP contribution in [0.1, 0.15) is 32.6 Å². The summed E-state index contributed by atoms with van der Waals surface area (Å²) < 4.78 is 6.48. The standard InChI is InChI=1S/C11H14ClN3S2/c1-2-11(4-3-5-11)10-14-17-9-7(15(10)13)6-8(12)16-9/h6H,2-5,13H2,1H3. The van der Waals surface area contributed by atoms with Crippen LogP contribution in [0, 0.1) is 5.41 Å². The van der Waals surface area contributed by atoms with Gasteiger partial charge in [0.15, 0.2) is 0 Å². The van der Waals surface area contributed by atoms with E-state index in [-0.39, 0.29) is 5.41 Å². The zero-order chi connectivity index (χ0) is 12.0. The molecule has 1 aromatic heterocycles. The van der Waals surface area contributed by atoms with Crippen LogP contribution in [0.4, 0.5) is 5.69 Å². The van der Waals surface area contributed by atoms with E-state index in [0.717, 1.165) is 26.5 Å². The molecule has 92 valence electrons. The van der Waals surface area contributed by atoms with E-state index >= 15 is 0 Å². The van der Waals surface area contributed by atoms with Crippen molar-refractivity contribution in [1.29, 1.82) is 0 Å². The Labute approximate surface area is 114 Å². The van der Waals surface area contributed by atoms with E-state index in [1.807, 2.05) is 6.07 Å². The SMILES string of the molecule is CCC1(C2=NSc3sc(Cl)cc3N2N)CCC1. The number of hydrogen-bond acceptors (Lipinski definition) is 5. The van der Waals surface area contributed by atoms with Crippen molar-refractivity contribution in [1.82, 2.24) is 0 Å². The smallest absolute Gasteiger partial charge is 0.138 e. The lowest BCUT2D eigenvalue weighted by molar-refractivity contribution is 0.221. The van der Waals surface area contributed by atoms with Gasteiger partial charge in [-0.1, -0.05) is 24.9 Å². The molecular formula is C11H14ClN3S2. The summed E-state index contributed by atoms with van der Waals surface area (Å²) in [5, 5.41) is 1.75. The minimum Gasteiger partial charge on any atom is -0.263 e. The number of nitrogens with zero attached hydrogens (tertiary/aromatic N) is 2. The summed E-state index contributed by atoms with van der Waals surface area (Å²) in [7, 11) is 0. The van der Waals surface area contributed by atoms with Gasteiger partial charge in [0, 0.05) is 17.4 Å². The number of fused-ring (bicyclic) bond motifs is 1. The highest BCUT2D eigenvalue weighted by Gasteiger charge is 2.44. The lowest BCUT2D eigenvalue weighted by Crippen LogP contribution is -2.51. The number of amidine groups is 1. The molecule has 0 saturated heterocycles. The van der Waals surface area contributed by atoms with Crippen molar-refractivity contribution in [2.75, 3.05) is 5.01 Å². The third-order valence-electron chi connectivity index (χ3n) is 3.81. The molecule has 1 fully saturated rings. The van der Waals surface area contributed by atoms with Crippen molar-refractivity contribution >= 4 is 46.4 Å². The zero-order valence-electron chi connectivity index (χ0n) is 9.57. The maximum absolute atomic E-state index is 6.21.